The van der Waals surface area contributed by atoms with Crippen molar-refractivity contribution in [3.05, 3.63) is 54.1 Å². The Kier molecular flexibility index (Phi) is 2.60. The van der Waals surface area contributed by atoms with Crippen molar-refractivity contribution < 1.29 is 5.11 Å². The van der Waals surface area contributed by atoms with Gasteiger partial charge in [0.25, 0.3) is 0 Å². The van der Waals surface area contributed by atoms with E-state index in [9.17, 15) is 5.11 Å². The molecule has 0 amide bonds. The molecule has 0 aliphatic heterocycles. The molecule has 0 unspecified atom stereocenters. The van der Waals surface area contributed by atoms with Crippen LogP contribution in [0.2, 0.25) is 0 Å². The van der Waals surface area contributed by atoms with E-state index in [1.54, 1.807) is 6.07 Å². The number of aromatic hydroxyl groups is 1. The highest BCUT2D eigenvalue weighted by Gasteiger charge is 2.22. The summed E-state index contributed by atoms with van der Waals surface area (Å²) in [6.45, 7) is 0. The number of para-hydroxylation sites is 1. The topological polar surface area (TPSA) is 20.2 Å². The first-order valence-electron chi connectivity index (χ1n) is 6.23. The smallest absolute Gasteiger partial charge is 0.123 e. The molecule has 2 aromatic rings. The van der Waals surface area contributed by atoms with Crippen molar-refractivity contribution in [2.24, 2.45) is 0 Å². The molecule has 1 nitrogen and oxygen atoms in total. The van der Waals surface area contributed by atoms with Gasteiger partial charge < -0.3 is 5.11 Å². The first-order chi connectivity index (χ1) is 8.36. The lowest BCUT2D eigenvalue weighted by molar-refractivity contribution is 0.420. The minimum Gasteiger partial charge on any atom is -0.507 e. The molecule has 86 valence electrons. The fourth-order valence-electron chi connectivity index (χ4n) is 2.52. The Labute approximate surface area is 102 Å². The second-order valence-electron chi connectivity index (χ2n) is 4.73. The van der Waals surface area contributed by atoms with Gasteiger partial charge in [0.1, 0.15) is 5.75 Å². The Morgan fingerprint density at radius 3 is 2.12 bits per heavy atom. The molecule has 2 aromatic carbocycles. The Balaban J connectivity index is 2.11. The molecule has 1 saturated carbocycles. The van der Waals surface area contributed by atoms with Crippen molar-refractivity contribution in [1.29, 1.82) is 0 Å². The molecule has 0 saturated heterocycles. The number of phenolic OH excluding ortho intramolecular Hbond substituents is 1. The van der Waals surface area contributed by atoms with E-state index < -0.39 is 0 Å². The van der Waals surface area contributed by atoms with E-state index in [-0.39, 0.29) is 0 Å². The maximum absolute atomic E-state index is 9.96. The minimum absolute atomic E-state index is 0.374. The fourth-order valence-corrected chi connectivity index (χ4v) is 2.52. The lowest BCUT2D eigenvalue weighted by atomic mass is 9.77. The average Bonchev–Trinajstić information content (AvgIpc) is 2.29. The molecule has 0 atom stereocenters. The number of benzene rings is 2. The van der Waals surface area contributed by atoms with Crippen LogP contribution >= 0.6 is 0 Å². The van der Waals surface area contributed by atoms with E-state index in [1.807, 2.05) is 24.3 Å². The van der Waals surface area contributed by atoms with Crippen LogP contribution in [0.5, 0.6) is 5.75 Å². The van der Waals surface area contributed by atoms with E-state index >= 15 is 0 Å². The van der Waals surface area contributed by atoms with Gasteiger partial charge in [-0.3, -0.25) is 0 Å². The Hall–Kier alpha value is -1.76. The Morgan fingerprint density at radius 2 is 1.47 bits per heavy atom. The van der Waals surface area contributed by atoms with Gasteiger partial charge in [0.2, 0.25) is 0 Å². The Bertz CT molecular complexity index is 527. The summed E-state index contributed by atoms with van der Waals surface area (Å²) in [7, 11) is 0. The number of rotatable bonds is 2. The summed E-state index contributed by atoms with van der Waals surface area (Å²) in [5, 5.41) is 9.96. The summed E-state index contributed by atoms with van der Waals surface area (Å²) >= 11 is 0. The zero-order valence-electron chi connectivity index (χ0n) is 9.76. The molecule has 1 fully saturated rings. The predicted molar refractivity (Wildman–Crippen MR) is 70.1 cm³/mol. The van der Waals surface area contributed by atoms with Crippen molar-refractivity contribution in [1.82, 2.24) is 0 Å². The van der Waals surface area contributed by atoms with Gasteiger partial charge in [-0.15, -0.1) is 0 Å². The molecular formula is C16H16O. The van der Waals surface area contributed by atoms with Crippen LogP contribution in [-0.2, 0) is 0 Å². The molecule has 3 rings (SSSR count). The molecule has 0 spiro atoms. The SMILES string of the molecule is Oc1ccccc1-c1ccccc1C1CCC1. The third-order valence-electron chi connectivity index (χ3n) is 3.70. The van der Waals surface area contributed by atoms with Crippen molar-refractivity contribution in [3.8, 4) is 16.9 Å². The third kappa shape index (κ3) is 1.82. The van der Waals surface area contributed by atoms with Crippen LogP contribution < -0.4 is 0 Å². The van der Waals surface area contributed by atoms with Crippen LogP contribution in [0, 0.1) is 0 Å². The zero-order chi connectivity index (χ0) is 11.7. The highest BCUT2D eigenvalue weighted by molar-refractivity contribution is 5.73. The molecule has 1 N–H and O–H groups in total. The highest BCUT2D eigenvalue weighted by Crippen LogP contribution is 2.42. The quantitative estimate of drug-likeness (QED) is 0.805. The third-order valence-corrected chi connectivity index (χ3v) is 3.70. The fraction of sp³-hybridized carbons (Fsp3) is 0.250. The molecule has 1 aliphatic rings. The summed E-state index contributed by atoms with van der Waals surface area (Å²) in [4.78, 5) is 0. The largest absolute Gasteiger partial charge is 0.507 e. The van der Waals surface area contributed by atoms with Crippen LogP contribution in [0.25, 0.3) is 11.1 Å². The zero-order valence-corrected chi connectivity index (χ0v) is 9.76. The summed E-state index contributed by atoms with van der Waals surface area (Å²) in [5.74, 6) is 1.06. The van der Waals surface area contributed by atoms with Crippen LogP contribution in [0.4, 0.5) is 0 Å². The van der Waals surface area contributed by atoms with Crippen molar-refractivity contribution >= 4 is 0 Å². The lowest BCUT2D eigenvalue weighted by Crippen LogP contribution is -2.09. The predicted octanol–water partition coefficient (Wildman–Crippen LogP) is 4.33. The maximum atomic E-state index is 9.96. The first-order valence-corrected chi connectivity index (χ1v) is 6.23. The summed E-state index contributed by atoms with van der Waals surface area (Å²) in [5.41, 5.74) is 3.53. The second-order valence-corrected chi connectivity index (χ2v) is 4.73. The summed E-state index contributed by atoms with van der Waals surface area (Å²) < 4.78 is 0. The van der Waals surface area contributed by atoms with Crippen LogP contribution in [0.3, 0.4) is 0 Å². The van der Waals surface area contributed by atoms with Crippen molar-refractivity contribution in [3.63, 3.8) is 0 Å². The molecule has 17 heavy (non-hydrogen) atoms. The molecule has 1 aliphatic carbocycles. The second kappa shape index (κ2) is 4.25. The minimum atomic E-state index is 0.374. The van der Waals surface area contributed by atoms with Gasteiger partial charge in [-0.2, -0.15) is 0 Å². The molecule has 0 radical (unpaired) electrons. The summed E-state index contributed by atoms with van der Waals surface area (Å²) in [6.07, 6.45) is 3.90. The van der Waals surface area contributed by atoms with Gasteiger partial charge in [0.05, 0.1) is 0 Å². The lowest BCUT2D eigenvalue weighted by Gasteiger charge is -2.28. The van der Waals surface area contributed by atoms with Gasteiger partial charge in [0, 0.05) is 5.56 Å². The van der Waals surface area contributed by atoms with E-state index in [0.29, 0.717) is 11.7 Å². The van der Waals surface area contributed by atoms with Gasteiger partial charge in [-0.05, 0) is 36.0 Å². The molecule has 1 heteroatoms. The molecule has 0 heterocycles. The van der Waals surface area contributed by atoms with Crippen LogP contribution in [0.15, 0.2) is 48.5 Å². The van der Waals surface area contributed by atoms with Gasteiger partial charge in [-0.1, -0.05) is 48.9 Å². The van der Waals surface area contributed by atoms with Crippen molar-refractivity contribution in [2.45, 2.75) is 25.2 Å². The van der Waals surface area contributed by atoms with Gasteiger partial charge in [0.15, 0.2) is 0 Å². The Morgan fingerprint density at radius 1 is 0.824 bits per heavy atom. The normalized spacial score (nSPS) is 15.5. The molecule has 0 bridgehead atoms. The standard InChI is InChI=1S/C16H16O/c17-16-11-4-3-10-15(16)14-9-2-1-8-13(14)12-6-5-7-12/h1-4,8-12,17H,5-7H2. The van der Waals surface area contributed by atoms with E-state index in [0.717, 1.165) is 5.56 Å². The maximum Gasteiger partial charge on any atom is 0.123 e. The van der Waals surface area contributed by atoms with E-state index in [4.69, 9.17) is 0 Å². The van der Waals surface area contributed by atoms with Crippen LogP contribution in [0.1, 0.15) is 30.7 Å². The molecular weight excluding hydrogens is 208 g/mol. The highest BCUT2D eigenvalue weighted by atomic mass is 16.3. The first kappa shape index (κ1) is 10.4. The van der Waals surface area contributed by atoms with Crippen LogP contribution in [-0.4, -0.2) is 5.11 Å². The molecule has 0 aromatic heterocycles. The number of hydrogen-bond donors (Lipinski definition) is 1. The van der Waals surface area contributed by atoms with Crippen molar-refractivity contribution in [2.75, 3.05) is 0 Å². The average molecular weight is 224 g/mol. The van der Waals surface area contributed by atoms with Gasteiger partial charge in [-0.25, -0.2) is 0 Å². The van der Waals surface area contributed by atoms with Gasteiger partial charge >= 0.3 is 0 Å². The monoisotopic (exact) mass is 224 g/mol. The van der Waals surface area contributed by atoms with E-state index in [2.05, 4.69) is 18.2 Å². The summed E-state index contributed by atoms with van der Waals surface area (Å²) in [6, 6.07) is 16.0. The van der Waals surface area contributed by atoms with E-state index in [1.165, 1.54) is 30.4 Å². The number of phenols is 1. The number of hydrogen-bond acceptors (Lipinski definition) is 1.